The molecule has 3 rings (SSSR count). The lowest BCUT2D eigenvalue weighted by atomic mass is 9.87. The van der Waals surface area contributed by atoms with E-state index < -0.39 is 0 Å². The molecule has 0 saturated carbocycles. The standard InChI is InChI=1S/C15H13BrFNOS/c16-12-5-4-9(8-13(12)17)18-15(19)11-2-1-3-14-10(11)6-7-20-14/h4-8,11H,1-3H2,(H,18,19). The van der Waals surface area contributed by atoms with Crippen molar-refractivity contribution >= 4 is 38.9 Å². The van der Waals surface area contributed by atoms with Gasteiger partial charge in [0.2, 0.25) is 5.91 Å². The average Bonchev–Trinajstić information content (AvgIpc) is 2.91. The number of halogens is 2. The molecule has 1 aliphatic carbocycles. The van der Waals surface area contributed by atoms with Crippen molar-refractivity contribution < 1.29 is 9.18 Å². The largest absolute Gasteiger partial charge is 0.325 e. The maximum Gasteiger partial charge on any atom is 0.231 e. The maximum atomic E-state index is 13.5. The molecular weight excluding hydrogens is 341 g/mol. The molecule has 0 bridgehead atoms. The van der Waals surface area contributed by atoms with Crippen molar-refractivity contribution in [2.24, 2.45) is 0 Å². The van der Waals surface area contributed by atoms with Crippen molar-refractivity contribution in [1.29, 1.82) is 0 Å². The Labute approximate surface area is 129 Å². The number of amides is 1. The highest BCUT2D eigenvalue weighted by Gasteiger charge is 2.27. The molecule has 1 heterocycles. The molecule has 1 unspecified atom stereocenters. The monoisotopic (exact) mass is 353 g/mol. The minimum Gasteiger partial charge on any atom is -0.325 e. The molecule has 0 saturated heterocycles. The van der Waals surface area contributed by atoms with Crippen molar-refractivity contribution in [3.63, 3.8) is 0 Å². The molecule has 1 aliphatic rings. The average molecular weight is 354 g/mol. The Morgan fingerprint density at radius 3 is 3.05 bits per heavy atom. The molecule has 20 heavy (non-hydrogen) atoms. The highest BCUT2D eigenvalue weighted by atomic mass is 79.9. The van der Waals surface area contributed by atoms with Crippen molar-refractivity contribution in [3.05, 3.63) is 50.4 Å². The number of anilines is 1. The van der Waals surface area contributed by atoms with Crippen molar-refractivity contribution in [3.8, 4) is 0 Å². The molecule has 1 atom stereocenters. The van der Waals surface area contributed by atoms with E-state index in [1.807, 2.05) is 11.4 Å². The second-order valence-corrected chi connectivity index (χ2v) is 6.72. The van der Waals surface area contributed by atoms with Gasteiger partial charge in [-0.3, -0.25) is 4.79 Å². The molecule has 0 fully saturated rings. The topological polar surface area (TPSA) is 29.1 Å². The molecule has 1 amide bonds. The van der Waals surface area contributed by atoms with Crippen molar-refractivity contribution in [1.82, 2.24) is 0 Å². The van der Waals surface area contributed by atoms with Gasteiger partial charge >= 0.3 is 0 Å². The molecule has 0 spiro atoms. The van der Waals surface area contributed by atoms with Gasteiger partial charge in [0, 0.05) is 10.6 Å². The number of hydrogen-bond donors (Lipinski definition) is 1. The molecule has 2 nitrogen and oxygen atoms in total. The number of rotatable bonds is 2. The fraction of sp³-hybridized carbons (Fsp3) is 0.267. The van der Waals surface area contributed by atoms with Crippen molar-refractivity contribution in [2.45, 2.75) is 25.2 Å². The third-order valence-corrected chi connectivity index (χ3v) is 5.20. The number of carbonyl (C=O) groups excluding carboxylic acids is 1. The van der Waals surface area contributed by atoms with Crippen LogP contribution < -0.4 is 5.32 Å². The van der Waals surface area contributed by atoms with Crippen LogP contribution >= 0.6 is 27.3 Å². The van der Waals surface area contributed by atoms with E-state index in [1.54, 1.807) is 23.5 Å². The van der Waals surface area contributed by atoms with E-state index in [0.29, 0.717) is 10.2 Å². The van der Waals surface area contributed by atoms with Gasteiger partial charge in [-0.25, -0.2) is 4.39 Å². The molecular formula is C15H13BrFNOS. The van der Waals surface area contributed by atoms with Gasteiger partial charge < -0.3 is 5.32 Å². The summed E-state index contributed by atoms with van der Waals surface area (Å²) in [4.78, 5) is 13.7. The first-order valence-corrected chi connectivity index (χ1v) is 8.14. The molecule has 2 aromatic rings. The number of thiophene rings is 1. The number of benzene rings is 1. The van der Waals surface area contributed by atoms with Crippen LogP contribution in [0.1, 0.15) is 29.2 Å². The predicted octanol–water partition coefficient (Wildman–Crippen LogP) is 4.71. The second-order valence-electron chi connectivity index (χ2n) is 4.86. The van der Waals surface area contributed by atoms with Crippen LogP contribution in [-0.2, 0) is 11.2 Å². The van der Waals surface area contributed by atoms with Gasteiger partial charge in [0.1, 0.15) is 5.82 Å². The summed E-state index contributed by atoms with van der Waals surface area (Å²) in [7, 11) is 0. The molecule has 0 aliphatic heterocycles. The van der Waals surface area contributed by atoms with E-state index in [-0.39, 0.29) is 17.6 Å². The number of aryl methyl sites for hydroxylation is 1. The summed E-state index contributed by atoms with van der Waals surface area (Å²) in [5.41, 5.74) is 1.63. The number of fused-ring (bicyclic) bond motifs is 1. The van der Waals surface area contributed by atoms with E-state index >= 15 is 0 Å². The van der Waals surface area contributed by atoms with Crippen LogP contribution in [0.25, 0.3) is 0 Å². The molecule has 1 aromatic heterocycles. The minimum atomic E-state index is -0.373. The summed E-state index contributed by atoms with van der Waals surface area (Å²) in [5, 5.41) is 4.85. The highest BCUT2D eigenvalue weighted by Crippen LogP contribution is 2.35. The Hall–Kier alpha value is -1.20. The Bertz CT molecular complexity index is 655. The van der Waals surface area contributed by atoms with E-state index in [1.165, 1.54) is 10.9 Å². The summed E-state index contributed by atoms with van der Waals surface area (Å²) < 4.78 is 13.9. The first-order chi connectivity index (χ1) is 9.65. The van der Waals surface area contributed by atoms with Gasteiger partial charge in [0.25, 0.3) is 0 Å². The summed E-state index contributed by atoms with van der Waals surface area (Å²) in [5.74, 6) is -0.537. The molecule has 104 valence electrons. The van der Waals surface area contributed by atoms with Crippen LogP contribution in [0, 0.1) is 5.82 Å². The third-order valence-electron chi connectivity index (χ3n) is 3.56. The zero-order valence-electron chi connectivity index (χ0n) is 10.7. The minimum absolute atomic E-state index is 0.0499. The van der Waals surface area contributed by atoms with Crippen LogP contribution in [0.15, 0.2) is 34.1 Å². The Morgan fingerprint density at radius 2 is 2.25 bits per heavy atom. The summed E-state index contributed by atoms with van der Waals surface area (Å²) in [6.07, 6.45) is 2.94. The van der Waals surface area contributed by atoms with Crippen LogP contribution in [0.3, 0.4) is 0 Å². The van der Waals surface area contributed by atoms with E-state index in [9.17, 15) is 9.18 Å². The fourth-order valence-electron chi connectivity index (χ4n) is 2.56. The van der Waals surface area contributed by atoms with Crippen LogP contribution in [0.4, 0.5) is 10.1 Å². The van der Waals surface area contributed by atoms with Gasteiger partial charge in [-0.1, -0.05) is 0 Å². The normalized spacial score (nSPS) is 17.6. The zero-order valence-corrected chi connectivity index (χ0v) is 13.1. The maximum absolute atomic E-state index is 13.5. The number of hydrogen-bond acceptors (Lipinski definition) is 2. The van der Waals surface area contributed by atoms with Crippen molar-refractivity contribution in [2.75, 3.05) is 5.32 Å². The van der Waals surface area contributed by atoms with Crippen LogP contribution in [-0.4, -0.2) is 5.91 Å². The summed E-state index contributed by atoms with van der Waals surface area (Å²) in [6, 6.07) is 6.66. The van der Waals surface area contributed by atoms with E-state index in [4.69, 9.17) is 0 Å². The van der Waals surface area contributed by atoms with Crippen LogP contribution in [0.5, 0.6) is 0 Å². The summed E-state index contributed by atoms with van der Waals surface area (Å²) in [6.45, 7) is 0. The third kappa shape index (κ3) is 2.65. The van der Waals surface area contributed by atoms with Gasteiger partial charge in [0.15, 0.2) is 0 Å². The second kappa shape index (κ2) is 5.66. The van der Waals surface area contributed by atoms with Gasteiger partial charge in [-0.15, -0.1) is 11.3 Å². The Balaban J connectivity index is 1.79. The van der Waals surface area contributed by atoms with Crippen LogP contribution in [0.2, 0.25) is 0 Å². The van der Waals surface area contributed by atoms with Gasteiger partial charge in [-0.05, 0) is 70.4 Å². The van der Waals surface area contributed by atoms with E-state index in [2.05, 4.69) is 21.2 Å². The fourth-order valence-corrected chi connectivity index (χ4v) is 3.80. The smallest absolute Gasteiger partial charge is 0.231 e. The predicted molar refractivity (Wildman–Crippen MR) is 82.7 cm³/mol. The first kappa shape index (κ1) is 13.8. The number of nitrogens with one attached hydrogen (secondary N) is 1. The zero-order chi connectivity index (χ0) is 14.1. The first-order valence-electron chi connectivity index (χ1n) is 6.47. The quantitative estimate of drug-likeness (QED) is 0.832. The summed E-state index contributed by atoms with van der Waals surface area (Å²) >= 11 is 4.81. The molecule has 5 heteroatoms. The van der Waals surface area contributed by atoms with E-state index in [0.717, 1.165) is 24.8 Å². The lowest BCUT2D eigenvalue weighted by Crippen LogP contribution is -2.23. The highest BCUT2D eigenvalue weighted by molar-refractivity contribution is 9.10. The number of carbonyl (C=O) groups is 1. The molecule has 1 aromatic carbocycles. The molecule has 1 N–H and O–H groups in total. The Kier molecular flexibility index (Phi) is 3.89. The van der Waals surface area contributed by atoms with Gasteiger partial charge in [-0.2, -0.15) is 0 Å². The lowest BCUT2D eigenvalue weighted by Gasteiger charge is -2.21. The van der Waals surface area contributed by atoms with Gasteiger partial charge in [0.05, 0.1) is 10.4 Å². The molecule has 0 radical (unpaired) electrons. The SMILES string of the molecule is O=C(Nc1ccc(Br)c(F)c1)C1CCCc2sccc21. The Morgan fingerprint density at radius 1 is 1.40 bits per heavy atom. The lowest BCUT2D eigenvalue weighted by molar-refractivity contribution is -0.117.